The highest BCUT2D eigenvalue weighted by atomic mass is 127. The Hall–Kier alpha value is -0.590. The maximum absolute atomic E-state index is 13.7. The lowest BCUT2D eigenvalue weighted by atomic mass is 10.1. The second-order valence-corrected chi connectivity index (χ2v) is 6.70. The average molecular weight is 423 g/mol. The molecule has 0 radical (unpaired) electrons. The van der Waals surface area contributed by atoms with Crippen LogP contribution in [0, 0.1) is 0 Å². The fourth-order valence-electron chi connectivity index (χ4n) is 1.55. The summed E-state index contributed by atoms with van der Waals surface area (Å²) >= 11 is 8.21. The lowest BCUT2D eigenvalue weighted by Crippen LogP contribution is -2.07. The van der Waals surface area contributed by atoms with Crippen molar-refractivity contribution in [3.05, 3.63) is 70.6 Å². The van der Waals surface area contributed by atoms with Crippen molar-refractivity contribution < 1.29 is 8.78 Å². The summed E-state index contributed by atoms with van der Waals surface area (Å²) in [5, 5.41) is 2.02. The molecular formula is C15H10ClF2IS. The Morgan fingerprint density at radius 3 is 2.20 bits per heavy atom. The molecule has 2 aromatic rings. The van der Waals surface area contributed by atoms with E-state index in [4.69, 9.17) is 11.6 Å². The van der Waals surface area contributed by atoms with Crippen molar-refractivity contribution in [2.75, 3.05) is 0 Å². The van der Waals surface area contributed by atoms with Gasteiger partial charge in [-0.05, 0) is 35.2 Å². The summed E-state index contributed by atoms with van der Waals surface area (Å²) in [5.41, 5.74) is 0.445. The molecular weight excluding hydrogens is 413 g/mol. The summed E-state index contributed by atoms with van der Waals surface area (Å²) in [5.74, 6) is 0. The van der Waals surface area contributed by atoms with E-state index in [1.807, 2.05) is 30.3 Å². The Bertz CT molecular complexity index is 592. The van der Waals surface area contributed by atoms with Gasteiger partial charge < -0.3 is 0 Å². The van der Waals surface area contributed by atoms with Crippen LogP contribution in [0.25, 0.3) is 5.57 Å². The average Bonchev–Trinajstić information content (AvgIpc) is 2.41. The number of thioether (sulfide) groups is 1. The number of alkyl halides is 3. The third-order valence-corrected chi connectivity index (χ3v) is 4.25. The second-order valence-electron chi connectivity index (χ2n) is 3.97. The van der Waals surface area contributed by atoms with Gasteiger partial charge in [0.15, 0.2) is 0 Å². The van der Waals surface area contributed by atoms with E-state index in [1.165, 1.54) is 17.2 Å². The zero-order valence-electron chi connectivity index (χ0n) is 10.2. The molecule has 0 heterocycles. The molecule has 2 rings (SSSR count). The van der Waals surface area contributed by atoms with E-state index in [-0.39, 0.29) is 5.57 Å². The Labute approximate surface area is 139 Å². The zero-order chi connectivity index (χ0) is 14.6. The summed E-state index contributed by atoms with van der Waals surface area (Å²) in [6, 6.07) is 15.8. The molecule has 0 nitrogen and oxygen atoms in total. The number of allylic oxidation sites excluding steroid dienone is 1. The van der Waals surface area contributed by atoms with Crippen molar-refractivity contribution in [1.82, 2.24) is 0 Å². The van der Waals surface area contributed by atoms with Crippen LogP contribution >= 0.6 is 46.0 Å². The van der Waals surface area contributed by atoms with E-state index >= 15 is 0 Å². The Balaban J connectivity index is 2.31. The van der Waals surface area contributed by atoms with Gasteiger partial charge in [0, 0.05) is 38.1 Å². The predicted octanol–water partition coefficient (Wildman–Crippen LogP) is 6.50. The van der Waals surface area contributed by atoms with Crippen LogP contribution in [-0.2, 0) is 0 Å². The second kappa shape index (κ2) is 6.91. The number of hydrogen-bond donors (Lipinski definition) is 0. The highest BCUT2D eigenvalue weighted by Gasteiger charge is 2.31. The topological polar surface area (TPSA) is 0 Å². The van der Waals surface area contributed by atoms with Gasteiger partial charge in [-0.15, -0.1) is 0 Å². The van der Waals surface area contributed by atoms with Gasteiger partial charge in [0.1, 0.15) is 0 Å². The molecule has 0 fully saturated rings. The van der Waals surface area contributed by atoms with E-state index in [0.29, 0.717) is 10.6 Å². The van der Waals surface area contributed by atoms with E-state index < -0.39 is 3.93 Å². The van der Waals surface area contributed by atoms with Crippen molar-refractivity contribution in [2.24, 2.45) is 0 Å². The standard InChI is InChI=1S/C15H10ClF2IS/c16-12-8-6-11(7-9-12)14(15(17,18)19)10-20-13-4-2-1-3-5-13/h1-10H/b14-10+. The smallest absolute Gasteiger partial charge is 0.189 e. The Kier molecular flexibility index (Phi) is 5.46. The summed E-state index contributed by atoms with van der Waals surface area (Å²) in [4.78, 5) is 0.916. The van der Waals surface area contributed by atoms with E-state index in [9.17, 15) is 8.78 Å². The zero-order valence-corrected chi connectivity index (χ0v) is 13.9. The molecule has 0 saturated carbocycles. The molecule has 5 heteroatoms. The first kappa shape index (κ1) is 15.8. The number of halogens is 4. The Morgan fingerprint density at radius 2 is 1.65 bits per heavy atom. The first-order valence-electron chi connectivity index (χ1n) is 5.72. The van der Waals surface area contributed by atoms with Crippen LogP contribution in [0.15, 0.2) is 64.9 Å². The summed E-state index contributed by atoms with van der Waals surface area (Å²) in [7, 11) is 0. The van der Waals surface area contributed by atoms with Gasteiger partial charge in [0.25, 0.3) is 0 Å². The van der Waals surface area contributed by atoms with Gasteiger partial charge >= 0.3 is 3.93 Å². The van der Waals surface area contributed by atoms with Gasteiger partial charge in [-0.3, -0.25) is 0 Å². The van der Waals surface area contributed by atoms with Crippen molar-refractivity contribution in [2.45, 2.75) is 8.82 Å². The monoisotopic (exact) mass is 422 g/mol. The molecule has 20 heavy (non-hydrogen) atoms. The van der Waals surface area contributed by atoms with Gasteiger partial charge in [-0.25, -0.2) is 0 Å². The quantitative estimate of drug-likeness (QED) is 0.308. The fraction of sp³-hybridized carbons (Fsp3) is 0.0667. The molecule has 0 aliphatic carbocycles. The first-order valence-corrected chi connectivity index (χ1v) is 8.05. The lowest BCUT2D eigenvalue weighted by Gasteiger charge is -2.14. The molecule has 0 amide bonds. The lowest BCUT2D eigenvalue weighted by molar-refractivity contribution is 0.195. The van der Waals surface area contributed by atoms with Gasteiger partial charge in [-0.1, -0.05) is 53.7 Å². The van der Waals surface area contributed by atoms with Crippen LogP contribution in [0.2, 0.25) is 5.02 Å². The highest BCUT2D eigenvalue weighted by molar-refractivity contribution is 14.1. The normalized spacial score (nSPS) is 12.5. The molecule has 2 aromatic carbocycles. The maximum Gasteiger partial charge on any atom is 0.322 e. The fourth-order valence-corrected chi connectivity index (χ4v) is 3.21. The van der Waals surface area contributed by atoms with Gasteiger partial charge in [-0.2, -0.15) is 8.78 Å². The minimum absolute atomic E-state index is 0.0244. The van der Waals surface area contributed by atoms with Crippen molar-refractivity contribution in [1.29, 1.82) is 0 Å². The van der Waals surface area contributed by atoms with Gasteiger partial charge in [0.2, 0.25) is 0 Å². The largest absolute Gasteiger partial charge is 0.322 e. The van der Waals surface area contributed by atoms with Crippen LogP contribution in [0.1, 0.15) is 5.56 Å². The minimum Gasteiger partial charge on any atom is -0.189 e. The molecule has 0 aliphatic heterocycles. The van der Waals surface area contributed by atoms with Crippen molar-refractivity contribution in [3.63, 3.8) is 0 Å². The summed E-state index contributed by atoms with van der Waals surface area (Å²) in [6.45, 7) is 0. The van der Waals surface area contributed by atoms with E-state index in [2.05, 4.69) is 0 Å². The molecule has 0 spiro atoms. The molecule has 0 aromatic heterocycles. The van der Waals surface area contributed by atoms with Crippen LogP contribution in [-0.4, -0.2) is 3.93 Å². The SMILES string of the molecule is FC(F)(I)/C(=C/Sc1ccccc1)c1ccc(Cl)cc1. The van der Waals surface area contributed by atoms with Crippen LogP contribution in [0.5, 0.6) is 0 Å². The summed E-state index contributed by atoms with van der Waals surface area (Å²) in [6.07, 6.45) is 0. The molecule has 0 unspecified atom stereocenters. The number of rotatable bonds is 4. The van der Waals surface area contributed by atoms with E-state index in [1.54, 1.807) is 24.3 Å². The van der Waals surface area contributed by atoms with Crippen molar-refractivity contribution in [3.8, 4) is 0 Å². The molecule has 0 atom stereocenters. The highest BCUT2D eigenvalue weighted by Crippen LogP contribution is 2.40. The number of hydrogen-bond acceptors (Lipinski definition) is 1. The van der Waals surface area contributed by atoms with Gasteiger partial charge in [0.05, 0.1) is 0 Å². The molecule has 0 N–H and O–H groups in total. The summed E-state index contributed by atoms with van der Waals surface area (Å²) < 4.78 is 24.6. The third kappa shape index (κ3) is 4.46. The third-order valence-electron chi connectivity index (χ3n) is 2.52. The van der Waals surface area contributed by atoms with Crippen LogP contribution < -0.4 is 0 Å². The molecule has 0 aliphatic rings. The predicted molar refractivity (Wildman–Crippen MR) is 90.7 cm³/mol. The molecule has 0 bridgehead atoms. The molecule has 104 valence electrons. The first-order chi connectivity index (χ1) is 9.47. The van der Waals surface area contributed by atoms with Crippen molar-refractivity contribution >= 4 is 51.5 Å². The minimum atomic E-state index is -2.94. The Morgan fingerprint density at radius 1 is 1.05 bits per heavy atom. The van der Waals surface area contributed by atoms with Crippen LogP contribution in [0.4, 0.5) is 8.78 Å². The maximum atomic E-state index is 13.7. The van der Waals surface area contributed by atoms with Crippen LogP contribution in [0.3, 0.4) is 0 Å². The van der Waals surface area contributed by atoms with E-state index in [0.717, 1.165) is 27.5 Å². The number of benzene rings is 2. The molecule has 0 saturated heterocycles.